The van der Waals surface area contributed by atoms with Gasteiger partial charge < -0.3 is 16.0 Å². The fourth-order valence-corrected chi connectivity index (χ4v) is 3.11. The van der Waals surface area contributed by atoms with Crippen LogP contribution < -0.4 is 11.1 Å². The molecule has 0 saturated carbocycles. The Balaban J connectivity index is 2.55. The summed E-state index contributed by atoms with van der Waals surface area (Å²) >= 11 is 0. The summed E-state index contributed by atoms with van der Waals surface area (Å²) in [6.07, 6.45) is 0.997. The number of nitrogens with one attached hydrogen (secondary N) is 2. The van der Waals surface area contributed by atoms with Crippen molar-refractivity contribution in [1.29, 1.82) is 0 Å². The first kappa shape index (κ1) is 14.1. The largest absolute Gasteiger partial charge is 0.358 e. The Morgan fingerprint density at radius 2 is 2.00 bits per heavy atom. The summed E-state index contributed by atoms with van der Waals surface area (Å²) in [4.78, 5) is 3.48. The van der Waals surface area contributed by atoms with Gasteiger partial charge in [-0.15, -0.1) is 0 Å². The summed E-state index contributed by atoms with van der Waals surface area (Å²) in [6, 6.07) is 8.79. The number of aryl methyl sites for hydroxylation is 1. The summed E-state index contributed by atoms with van der Waals surface area (Å²) in [6.45, 7) is 7.43. The maximum atomic E-state index is 5.78. The van der Waals surface area contributed by atoms with Gasteiger partial charge in [-0.1, -0.05) is 32.0 Å². The number of H-pyrrole nitrogens is 1. The molecule has 0 spiro atoms. The van der Waals surface area contributed by atoms with Crippen LogP contribution in [0.4, 0.5) is 0 Å². The third-order valence-corrected chi connectivity index (χ3v) is 4.09. The van der Waals surface area contributed by atoms with Crippen LogP contribution in [-0.4, -0.2) is 18.6 Å². The van der Waals surface area contributed by atoms with Crippen LogP contribution in [0.1, 0.15) is 37.6 Å². The van der Waals surface area contributed by atoms with Crippen molar-refractivity contribution in [2.45, 2.75) is 33.2 Å². The Morgan fingerprint density at radius 3 is 2.63 bits per heavy atom. The zero-order chi connectivity index (χ0) is 14.0. The van der Waals surface area contributed by atoms with Gasteiger partial charge in [-0.05, 0) is 44.0 Å². The summed E-state index contributed by atoms with van der Waals surface area (Å²) in [5.74, 6) is 0. The molecular formula is C16H25N3. The van der Waals surface area contributed by atoms with E-state index in [2.05, 4.69) is 55.3 Å². The molecule has 1 heterocycles. The Morgan fingerprint density at radius 1 is 1.32 bits per heavy atom. The zero-order valence-corrected chi connectivity index (χ0v) is 12.4. The van der Waals surface area contributed by atoms with E-state index < -0.39 is 0 Å². The quantitative estimate of drug-likeness (QED) is 0.772. The molecule has 4 N–H and O–H groups in total. The highest BCUT2D eigenvalue weighted by molar-refractivity contribution is 5.85. The summed E-state index contributed by atoms with van der Waals surface area (Å²) in [5.41, 5.74) is 9.72. The second-order valence-electron chi connectivity index (χ2n) is 5.96. The standard InChI is InChI=1S/C16H25N3/c1-11-14(12-7-5-6-8-13(12)19-11)15(18-4)16(2,3)9-10-17/h5-8,15,18-19H,9-10,17H2,1-4H3. The number of hydrogen-bond acceptors (Lipinski definition) is 2. The number of para-hydroxylation sites is 1. The van der Waals surface area contributed by atoms with Crippen LogP contribution >= 0.6 is 0 Å². The van der Waals surface area contributed by atoms with Crippen molar-refractivity contribution >= 4 is 10.9 Å². The second kappa shape index (κ2) is 5.35. The van der Waals surface area contributed by atoms with Crippen molar-refractivity contribution < 1.29 is 0 Å². The molecule has 0 fully saturated rings. The van der Waals surface area contributed by atoms with Crippen molar-refractivity contribution in [2.75, 3.05) is 13.6 Å². The van der Waals surface area contributed by atoms with Crippen LogP contribution in [-0.2, 0) is 0 Å². The summed E-state index contributed by atoms with van der Waals surface area (Å²) in [7, 11) is 2.03. The average Bonchev–Trinajstić information content (AvgIpc) is 2.67. The summed E-state index contributed by atoms with van der Waals surface area (Å²) < 4.78 is 0. The predicted octanol–water partition coefficient (Wildman–Crippen LogP) is 3.11. The fraction of sp³-hybridized carbons (Fsp3) is 0.500. The van der Waals surface area contributed by atoms with E-state index in [0.717, 1.165) is 6.42 Å². The number of aromatic nitrogens is 1. The number of fused-ring (bicyclic) bond motifs is 1. The van der Waals surface area contributed by atoms with E-state index >= 15 is 0 Å². The van der Waals surface area contributed by atoms with Gasteiger partial charge >= 0.3 is 0 Å². The van der Waals surface area contributed by atoms with E-state index in [9.17, 15) is 0 Å². The zero-order valence-electron chi connectivity index (χ0n) is 12.4. The minimum absolute atomic E-state index is 0.124. The molecule has 1 atom stereocenters. The molecule has 0 aliphatic heterocycles. The molecule has 104 valence electrons. The molecule has 1 aromatic carbocycles. The first-order chi connectivity index (χ1) is 9.01. The lowest BCUT2D eigenvalue weighted by Gasteiger charge is -2.34. The van der Waals surface area contributed by atoms with E-state index in [-0.39, 0.29) is 5.41 Å². The van der Waals surface area contributed by atoms with Gasteiger partial charge in [0.15, 0.2) is 0 Å². The smallest absolute Gasteiger partial charge is 0.0459 e. The number of nitrogens with two attached hydrogens (primary N) is 1. The Kier molecular flexibility index (Phi) is 3.97. The minimum atomic E-state index is 0.124. The van der Waals surface area contributed by atoms with Crippen LogP contribution in [0.25, 0.3) is 10.9 Å². The van der Waals surface area contributed by atoms with E-state index in [0.29, 0.717) is 12.6 Å². The molecule has 0 radical (unpaired) electrons. The maximum Gasteiger partial charge on any atom is 0.0459 e. The molecule has 0 amide bonds. The molecule has 1 aromatic heterocycles. The molecule has 2 rings (SSSR count). The molecule has 1 unspecified atom stereocenters. The predicted molar refractivity (Wildman–Crippen MR) is 82.3 cm³/mol. The molecule has 0 saturated heterocycles. The molecule has 0 aliphatic rings. The van der Waals surface area contributed by atoms with Crippen molar-refractivity contribution in [1.82, 2.24) is 10.3 Å². The Labute approximate surface area is 115 Å². The lowest BCUT2D eigenvalue weighted by molar-refractivity contribution is 0.240. The van der Waals surface area contributed by atoms with Gasteiger partial charge in [0.05, 0.1) is 0 Å². The average molecular weight is 259 g/mol. The van der Waals surface area contributed by atoms with Gasteiger partial charge in [-0.3, -0.25) is 0 Å². The lowest BCUT2D eigenvalue weighted by atomic mass is 9.77. The van der Waals surface area contributed by atoms with Crippen LogP contribution in [0.2, 0.25) is 0 Å². The third-order valence-electron chi connectivity index (χ3n) is 4.09. The molecule has 3 nitrogen and oxygen atoms in total. The molecule has 0 bridgehead atoms. The highest BCUT2D eigenvalue weighted by atomic mass is 14.9. The van der Waals surface area contributed by atoms with Gasteiger partial charge in [0.2, 0.25) is 0 Å². The van der Waals surface area contributed by atoms with Crippen LogP contribution in [0.5, 0.6) is 0 Å². The van der Waals surface area contributed by atoms with Crippen LogP contribution in [0, 0.1) is 12.3 Å². The monoisotopic (exact) mass is 259 g/mol. The highest BCUT2D eigenvalue weighted by Gasteiger charge is 2.31. The van der Waals surface area contributed by atoms with E-state index in [1.807, 2.05) is 7.05 Å². The number of rotatable bonds is 5. The van der Waals surface area contributed by atoms with Gasteiger partial charge in [-0.25, -0.2) is 0 Å². The van der Waals surface area contributed by atoms with Crippen molar-refractivity contribution in [2.24, 2.45) is 11.1 Å². The number of hydrogen-bond donors (Lipinski definition) is 3. The Hall–Kier alpha value is -1.32. The van der Waals surface area contributed by atoms with Gasteiger partial charge in [0.1, 0.15) is 0 Å². The maximum absolute atomic E-state index is 5.78. The van der Waals surface area contributed by atoms with Crippen LogP contribution in [0.15, 0.2) is 24.3 Å². The van der Waals surface area contributed by atoms with Crippen LogP contribution in [0.3, 0.4) is 0 Å². The van der Waals surface area contributed by atoms with Crippen molar-refractivity contribution in [3.8, 4) is 0 Å². The topological polar surface area (TPSA) is 53.8 Å². The van der Waals surface area contributed by atoms with E-state index in [1.54, 1.807) is 0 Å². The SMILES string of the molecule is CNC(c1c(C)[nH]c2ccccc12)C(C)(C)CCN. The Bertz CT molecular complexity index is 554. The number of benzene rings is 1. The highest BCUT2D eigenvalue weighted by Crippen LogP contribution is 2.40. The van der Waals surface area contributed by atoms with Gasteiger partial charge in [0, 0.05) is 22.6 Å². The first-order valence-corrected chi connectivity index (χ1v) is 6.96. The minimum Gasteiger partial charge on any atom is -0.358 e. The molecule has 0 aliphatic carbocycles. The lowest BCUT2D eigenvalue weighted by Crippen LogP contribution is -2.34. The molecule has 2 aromatic rings. The molecular weight excluding hydrogens is 234 g/mol. The van der Waals surface area contributed by atoms with Gasteiger partial charge in [-0.2, -0.15) is 0 Å². The van der Waals surface area contributed by atoms with E-state index in [1.165, 1.54) is 22.2 Å². The fourth-order valence-electron chi connectivity index (χ4n) is 3.11. The summed E-state index contributed by atoms with van der Waals surface area (Å²) in [5, 5.41) is 4.80. The van der Waals surface area contributed by atoms with Gasteiger partial charge in [0.25, 0.3) is 0 Å². The number of aromatic amines is 1. The normalized spacial score (nSPS) is 13.9. The third kappa shape index (κ3) is 2.53. The van der Waals surface area contributed by atoms with Crippen molar-refractivity contribution in [3.05, 3.63) is 35.5 Å². The molecule has 19 heavy (non-hydrogen) atoms. The van der Waals surface area contributed by atoms with Crippen molar-refractivity contribution in [3.63, 3.8) is 0 Å². The van der Waals surface area contributed by atoms with E-state index in [4.69, 9.17) is 5.73 Å². The molecule has 3 heteroatoms. The first-order valence-electron chi connectivity index (χ1n) is 6.96. The second-order valence-corrected chi connectivity index (χ2v) is 5.96.